The fourth-order valence-corrected chi connectivity index (χ4v) is 6.56. The Labute approximate surface area is 242 Å². The molecule has 4 aromatic carbocycles. The number of rotatable bonds is 7. The zero-order valence-electron chi connectivity index (χ0n) is 23.8. The maximum Gasteiger partial charge on any atom is 0.150 e. The van der Waals surface area contributed by atoms with Crippen molar-refractivity contribution >= 4 is 27.8 Å². The van der Waals surface area contributed by atoms with Gasteiger partial charge in [0.25, 0.3) is 0 Å². The molecule has 1 fully saturated rings. The molecular weight excluding hydrogens is 502 g/mol. The number of allylic oxidation sites excluding steroid dienone is 2. The van der Waals surface area contributed by atoms with Crippen molar-refractivity contribution in [3.05, 3.63) is 131 Å². The van der Waals surface area contributed by atoms with E-state index in [0.717, 1.165) is 57.1 Å². The molecule has 0 N–H and O–H groups in total. The molecule has 4 aromatic rings. The van der Waals surface area contributed by atoms with E-state index in [1.165, 1.54) is 43.1 Å². The first kappa shape index (κ1) is 25.5. The number of hydrogen-bond acceptors (Lipinski definition) is 4. The van der Waals surface area contributed by atoms with E-state index in [2.05, 4.69) is 104 Å². The normalized spacial score (nSPS) is 17.6. The van der Waals surface area contributed by atoms with E-state index in [1.807, 2.05) is 11.1 Å². The van der Waals surface area contributed by atoms with E-state index >= 15 is 0 Å². The highest BCUT2D eigenvalue weighted by molar-refractivity contribution is 6.32. The summed E-state index contributed by atoms with van der Waals surface area (Å²) in [4.78, 5) is 5.21. The average Bonchev–Trinajstić information content (AvgIpc) is 3.02. The van der Waals surface area contributed by atoms with Crippen LogP contribution >= 0.6 is 0 Å². The fraction of sp³-hybridized carbons (Fsp3) is 0.243. The van der Waals surface area contributed by atoms with Crippen LogP contribution in [0.15, 0.2) is 119 Å². The minimum Gasteiger partial charge on any atom is -0.497 e. The second kappa shape index (κ2) is 10.5. The number of hydrazone groups is 1. The van der Waals surface area contributed by atoms with Gasteiger partial charge in [-0.2, -0.15) is 5.10 Å². The van der Waals surface area contributed by atoms with E-state index in [1.54, 1.807) is 7.11 Å². The van der Waals surface area contributed by atoms with Crippen LogP contribution in [0.25, 0.3) is 16.3 Å². The van der Waals surface area contributed by atoms with E-state index in [9.17, 15) is 0 Å². The van der Waals surface area contributed by atoms with E-state index in [0.29, 0.717) is 5.41 Å². The topological polar surface area (TPSA) is 37.2 Å². The quantitative estimate of drug-likeness (QED) is 0.236. The van der Waals surface area contributed by atoms with Gasteiger partial charge in [-0.15, -0.1) is 0 Å². The summed E-state index contributed by atoms with van der Waals surface area (Å²) in [5, 5.41) is 9.35. The molecule has 4 heteroatoms. The molecule has 7 rings (SSSR count). The predicted molar refractivity (Wildman–Crippen MR) is 169 cm³/mol. The van der Waals surface area contributed by atoms with Crippen molar-refractivity contribution in [2.75, 3.05) is 7.11 Å². The van der Waals surface area contributed by atoms with E-state index in [-0.39, 0.29) is 0 Å². The number of fused-ring (bicyclic) bond motifs is 2. The van der Waals surface area contributed by atoms with Gasteiger partial charge in [0.05, 0.1) is 18.5 Å². The van der Waals surface area contributed by atoms with Crippen LogP contribution in [-0.2, 0) is 5.41 Å². The summed E-state index contributed by atoms with van der Waals surface area (Å²) < 4.78 is 5.40. The minimum absolute atomic E-state index is 0.377. The second-order valence-electron chi connectivity index (χ2n) is 11.4. The Bertz CT molecular complexity index is 1720. The standard InChI is InChI=1S/C37H35N3O/c1-3-20-37(21-7-22-37)31-15-12-27(13-16-31)36-33(26-8-5-4-6-9-26)25-40-35(38-36)19-18-34(39-40)30-11-10-29-24-32(41-2)17-14-28(29)23-30/h4-6,8-17,19,23-25H,3,7,18,20-22H2,1-2H3. The SMILES string of the molecule is CCCC1(c2ccc(C3=NC4=CCC(c5ccc6cc(OC)ccc6c5)=NN4C=C3c3ccccc3)cc2)CCC1. The molecule has 1 saturated carbocycles. The first-order chi connectivity index (χ1) is 20.2. The van der Waals surface area contributed by atoms with Gasteiger partial charge in [-0.3, -0.25) is 0 Å². The highest BCUT2D eigenvalue weighted by Crippen LogP contribution is 2.47. The highest BCUT2D eigenvalue weighted by atomic mass is 16.5. The fourth-order valence-electron chi connectivity index (χ4n) is 6.56. The monoisotopic (exact) mass is 537 g/mol. The Kier molecular flexibility index (Phi) is 6.54. The Balaban J connectivity index is 1.23. The largest absolute Gasteiger partial charge is 0.497 e. The van der Waals surface area contributed by atoms with Crippen molar-refractivity contribution in [1.82, 2.24) is 5.01 Å². The van der Waals surface area contributed by atoms with Crippen LogP contribution in [0.2, 0.25) is 0 Å². The lowest BCUT2D eigenvalue weighted by atomic mass is 9.62. The van der Waals surface area contributed by atoms with E-state index < -0.39 is 0 Å². The number of hydrogen-bond donors (Lipinski definition) is 0. The van der Waals surface area contributed by atoms with Crippen LogP contribution in [-0.4, -0.2) is 23.5 Å². The molecule has 0 aromatic heterocycles. The lowest BCUT2D eigenvalue weighted by molar-refractivity contribution is 0.224. The van der Waals surface area contributed by atoms with Gasteiger partial charge in [0, 0.05) is 23.8 Å². The molecule has 0 bridgehead atoms. The summed E-state index contributed by atoms with van der Waals surface area (Å²) in [5.41, 5.74) is 8.38. The number of aliphatic imine (C=N–C) groups is 1. The third-order valence-electron chi connectivity index (χ3n) is 8.95. The Morgan fingerprint density at radius 1 is 0.829 bits per heavy atom. The lowest BCUT2D eigenvalue weighted by Crippen LogP contribution is -2.34. The molecule has 0 amide bonds. The number of benzene rings is 4. The van der Waals surface area contributed by atoms with Gasteiger partial charge in [-0.1, -0.05) is 92.6 Å². The van der Waals surface area contributed by atoms with Gasteiger partial charge in [-0.05, 0) is 76.4 Å². The van der Waals surface area contributed by atoms with Crippen LogP contribution in [0.1, 0.15) is 67.7 Å². The summed E-state index contributed by atoms with van der Waals surface area (Å²) in [6, 6.07) is 32.5. The van der Waals surface area contributed by atoms with Gasteiger partial charge in [0.2, 0.25) is 0 Å². The van der Waals surface area contributed by atoms with Gasteiger partial charge in [-0.25, -0.2) is 10.0 Å². The summed E-state index contributed by atoms with van der Waals surface area (Å²) >= 11 is 0. The molecule has 0 spiro atoms. The van der Waals surface area contributed by atoms with Crippen LogP contribution < -0.4 is 4.74 Å². The van der Waals surface area contributed by atoms with Crippen molar-refractivity contribution in [2.45, 2.75) is 50.9 Å². The molecule has 2 aliphatic heterocycles. The third-order valence-corrected chi connectivity index (χ3v) is 8.95. The number of nitrogens with zero attached hydrogens (tertiary/aromatic N) is 3. The van der Waals surface area contributed by atoms with Crippen molar-refractivity contribution in [3.63, 3.8) is 0 Å². The molecular formula is C37H35N3O. The Morgan fingerprint density at radius 2 is 1.59 bits per heavy atom. The van der Waals surface area contributed by atoms with Crippen molar-refractivity contribution < 1.29 is 4.74 Å². The van der Waals surface area contributed by atoms with Crippen LogP contribution in [0.3, 0.4) is 0 Å². The van der Waals surface area contributed by atoms with Crippen molar-refractivity contribution in [3.8, 4) is 5.75 Å². The zero-order valence-corrected chi connectivity index (χ0v) is 23.8. The predicted octanol–water partition coefficient (Wildman–Crippen LogP) is 8.87. The van der Waals surface area contributed by atoms with Gasteiger partial charge >= 0.3 is 0 Å². The van der Waals surface area contributed by atoms with Gasteiger partial charge in [0.15, 0.2) is 0 Å². The summed E-state index contributed by atoms with van der Waals surface area (Å²) in [7, 11) is 1.70. The van der Waals surface area contributed by atoms with Gasteiger partial charge < -0.3 is 4.74 Å². The molecule has 0 radical (unpaired) electrons. The molecule has 41 heavy (non-hydrogen) atoms. The first-order valence-corrected chi connectivity index (χ1v) is 14.8. The Hall–Kier alpha value is -4.44. The molecule has 0 unspecified atom stereocenters. The van der Waals surface area contributed by atoms with Crippen LogP contribution in [0.5, 0.6) is 5.75 Å². The minimum atomic E-state index is 0.377. The molecule has 1 aliphatic carbocycles. The first-order valence-electron chi connectivity index (χ1n) is 14.8. The molecule has 0 atom stereocenters. The maximum absolute atomic E-state index is 5.40. The number of ether oxygens (including phenoxy) is 1. The molecule has 2 heterocycles. The number of methoxy groups -OCH3 is 1. The highest BCUT2D eigenvalue weighted by Gasteiger charge is 2.37. The molecule has 204 valence electrons. The Morgan fingerprint density at radius 3 is 2.32 bits per heavy atom. The third kappa shape index (κ3) is 4.67. The zero-order chi connectivity index (χ0) is 27.8. The average molecular weight is 538 g/mol. The lowest BCUT2D eigenvalue weighted by Gasteiger charge is -2.42. The second-order valence-corrected chi connectivity index (χ2v) is 11.4. The molecule has 4 nitrogen and oxygen atoms in total. The van der Waals surface area contributed by atoms with Crippen LogP contribution in [0, 0.1) is 0 Å². The van der Waals surface area contributed by atoms with E-state index in [4.69, 9.17) is 14.8 Å². The summed E-state index contributed by atoms with van der Waals surface area (Å²) in [6.07, 6.45) is 11.5. The maximum atomic E-state index is 5.40. The summed E-state index contributed by atoms with van der Waals surface area (Å²) in [5.74, 6) is 1.74. The smallest absolute Gasteiger partial charge is 0.150 e. The molecule has 3 aliphatic rings. The van der Waals surface area contributed by atoms with Gasteiger partial charge in [0.1, 0.15) is 11.6 Å². The van der Waals surface area contributed by atoms with Crippen molar-refractivity contribution in [1.29, 1.82) is 0 Å². The molecule has 0 saturated heterocycles. The van der Waals surface area contributed by atoms with Crippen molar-refractivity contribution in [2.24, 2.45) is 10.1 Å². The summed E-state index contributed by atoms with van der Waals surface area (Å²) in [6.45, 7) is 2.30. The van der Waals surface area contributed by atoms with Crippen LogP contribution in [0.4, 0.5) is 0 Å².